The fourth-order valence-electron chi connectivity index (χ4n) is 2.80. The van der Waals surface area contributed by atoms with E-state index in [1.807, 2.05) is 57.2 Å². The number of pyridine rings is 1. The number of aromatic nitrogens is 1. The highest BCUT2D eigenvalue weighted by molar-refractivity contribution is 5.78. The molecule has 0 aliphatic carbocycles. The number of H-pyrrole nitrogens is 1. The SMILES string of the molecule is Cc1cc(C)c(CNC(=O)N[C@H](C)c2cc3ccccc3o2)c(=O)[nH]1. The quantitative estimate of drug-likeness (QED) is 0.681. The normalized spacial score (nSPS) is 12.1. The Kier molecular flexibility index (Phi) is 4.61. The van der Waals surface area contributed by atoms with Gasteiger partial charge in [0.15, 0.2) is 0 Å². The van der Waals surface area contributed by atoms with Gasteiger partial charge in [0.25, 0.3) is 5.56 Å². The van der Waals surface area contributed by atoms with Crippen LogP contribution in [0.4, 0.5) is 4.79 Å². The maximum Gasteiger partial charge on any atom is 0.315 e. The summed E-state index contributed by atoms with van der Waals surface area (Å²) < 4.78 is 5.75. The molecule has 2 amide bonds. The van der Waals surface area contributed by atoms with Crippen molar-refractivity contribution in [3.63, 3.8) is 0 Å². The van der Waals surface area contributed by atoms with Crippen LogP contribution < -0.4 is 16.2 Å². The smallest absolute Gasteiger partial charge is 0.315 e. The summed E-state index contributed by atoms with van der Waals surface area (Å²) in [6, 6.07) is 10.8. The van der Waals surface area contributed by atoms with E-state index in [0.717, 1.165) is 22.2 Å². The van der Waals surface area contributed by atoms with Gasteiger partial charge in [-0.3, -0.25) is 4.79 Å². The van der Waals surface area contributed by atoms with Crippen LogP contribution in [0.15, 0.2) is 45.6 Å². The summed E-state index contributed by atoms with van der Waals surface area (Å²) in [7, 11) is 0. The van der Waals surface area contributed by atoms with E-state index in [1.54, 1.807) is 0 Å². The van der Waals surface area contributed by atoms with E-state index in [2.05, 4.69) is 15.6 Å². The number of amides is 2. The molecule has 0 unspecified atom stereocenters. The Morgan fingerprint density at radius 1 is 1.24 bits per heavy atom. The second-order valence-electron chi connectivity index (χ2n) is 6.18. The van der Waals surface area contributed by atoms with E-state index in [9.17, 15) is 9.59 Å². The minimum Gasteiger partial charge on any atom is -0.459 e. The van der Waals surface area contributed by atoms with Gasteiger partial charge in [0, 0.05) is 16.6 Å². The number of hydrogen-bond acceptors (Lipinski definition) is 3. The lowest BCUT2D eigenvalue weighted by Gasteiger charge is -2.13. The molecule has 130 valence electrons. The standard InChI is InChI=1S/C19H21N3O3/c1-11-8-12(2)21-18(23)15(11)10-20-19(24)22-13(3)17-9-14-6-4-5-7-16(14)25-17/h4-9,13H,10H2,1-3H3,(H,21,23)(H2,20,22,24)/t13-/m1/s1. The van der Waals surface area contributed by atoms with Gasteiger partial charge < -0.3 is 20.0 Å². The number of fused-ring (bicyclic) bond motifs is 1. The summed E-state index contributed by atoms with van der Waals surface area (Å²) in [6.07, 6.45) is 0. The molecular weight excluding hydrogens is 318 g/mol. The van der Waals surface area contributed by atoms with E-state index in [0.29, 0.717) is 11.3 Å². The van der Waals surface area contributed by atoms with Crippen LogP contribution in [0.25, 0.3) is 11.0 Å². The van der Waals surface area contributed by atoms with Crippen molar-refractivity contribution in [2.75, 3.05) is 0 Å². The zero-order valence-electron chi connectivity index (χ0n) is 14.5. The highest BCUT2D eigenvalue weighted by Gasteiger charge is 2.14. The van der Waals surface area contributed by atoms with E-state index in [-0.39, 0.29) is 24.2 Å². The third-order valence-corrected chi connectivity index (χ3v) is 4.14. The molecule has 2 aromatic heterocycles. The van der Waals surface area contributed by atoms with Gasteiger partial charge in [-0.15, -0.1) is 0 Å². The van der Waals surface area contributed by atoms with Gasteiger partial charge in [0.2, 0.25) is 0 Å². The highest BCUT2D eigenvalue weighted by Crippen LogP contribution is 2.23. The molecule has 0 saturated heterocycles. The monoisotopic (exact) mass is 339 g/mol. The van der Waals surface area contributed by atoms with Gasteiger partial charge in [-0.25, -0.2) is 4.79 Å². The zero-order valence-corrected chi connectivity index (χ0v) is 14.5. The van der Waals surface area contributed by atoms with Crippen LogP contribution in [-0.2, 0) is 6.54 Å². The van der Waals surface area contributed by atoms with Gasteiger partial charge in [-0.1, -0.05) is 18.2 Å². The first kappa shape index (κ1) is 16.8. The molecule has 0 bridgehead atoms. The van der Waals surface area contributed by atoms with Gasteiger partial charge in [-0.05, 0) is 44.5 Å². The van der Waals surface area contributed by atoms with Crippen LogP contribution >= 0.6 is 0 Å². The third kappa shape index (κ3) is 3.74. The number of carbonyl (C=O) groups is 1. The molecule has 0 fully saturated rings. The Morgan fingerprint density at radius 2 is 2.00 bits per heavy atom. The molecule has 3 aromatic rings. The molecule has 0 saturated carbocycles. The van der Waals surface area contributed by atoms with E-state index >= 15 is 0 Å². The average molecular weight is 339 g/mol. The second kappa shape index (κ2) is 6.84. The number of carbonyl (C=O) groups excluding carboxylic acids is 1. The molecule has 25 heavy (non-hydrogen) atoms. The maximum atomic E-state index is 12.1. The zero-order chi connectivity index (χ0) is 18.0. The summed E-state index contributed by atoms with van der Waals surface area (Å²) in [5.41, 5.74) is 2.81. The summed E-state index contributed by atoms with van der Waals surface area (Å²) in [5, 5.41) is 6.54. The molecule has 0 spiro atoms. The number of rotatable bonds is 4. The molecule has 6 heteroatoms. The Morgan fingerprint density at radius 3 is 2.72 bits per heavy atom. The maximum absolute atomic E-state index is 12.1. The van der Waals surface area contributed by atoms with Gasteiger partial charge in [0.05, 0.1) is 12.6 Å². The van der Waals surface area contributed by atoms with Crippen molar-refractivity contribution < 1.29 is 9.21 Å². The largest absolute Gasteiger partial charge is 0.459 e. The minimum atomic E-state index is -0.354. The van der Waals surface area contributed by atoms with Crippen LogP contribution in [0.2, 0.25) is 0 Å². The van der Waals surface area contributed by atoms with Crippen molar-refractivity contribution in [3.8, 4) is 0 Å². The van der Waals surface area contributed by atoms with E-state index in [4.69, 9.17) is 4.42 Å². The van der Waals surface area contributed by atoms with Crippen LogP contribution in [0, 0.1) is 13.8 Å². The fraction of sp³-hybridized carbons (Fsp3) is 0.263. The predicted octanol–water partition coefficient (Wildman–Crippen LogP) is 3.30. The molecule has 0 aliphatic rings. The Balaban J connectivity index is 1.63. The Labute approximate surface area is 145 Å². The molecular formula is C19H21N3O3. The highest BCUT2D eigenvalue weighted by atomic mass is 16.3. The average Bonchev–Trinajstić information content (AvgIpc) is 2.98. The lowest BCUT2D eigenvalue weighted by molar-refractivity contribution is 0.236. The topological polar surface area (TPSA) is 87.1 Å². The Bertz CT molecular complexity index is 938. The van der Waals surface area contributed by atoms with Crippen molar-refractivity contribution in [1.29, 1.82) is 0 Å². The predicted molar refractivity (Wildman–Crippen MR) is 96.5 cm³/mol. The molecule has 6 nitrogen and oxygen atoms in total. The number of urea groups is 1. The third-order valence-electron chi connectivity index (χ3n) is 4.14. The molecule has 0 radical (unpaired) electrons. The number of aryl methyl sites for hydroxylation is 2. The van der Waals surface area contributed by atoms with Crippen LogP contribution in [-0.4, -0.2) is 11.0 Å². The van der Waals surface area contributed by atoms with Crippen LogP contribution in [0.5, 0.6) is 0 Å². The molecule has 1 atom stereocenters. The first-order valence-electron chi connectivity index (χ1n) is 8.16. The number of para-hydroxylation sites is 1. The van der Waals surface area contributed by atoms with Crippen LogP contribution in [0.1, 0.15) is 35.5 Å². The molecule has 3 N–H and O–H groups in total. The van der Waals surface area contributed by atoms with Crippen LogP contribution in [0.3, 0.4) is 0 Å². The first-order chi connectivity index (χ1) is 11.9. The minimum absolute atomic E-state index is 0.167. The second-order valence-corrected chi connectivity index (χ2v) is 6.18. The van der Waals surface area contributed by atoms with E-state index < -0.39 is 0 Å². The fourth-order valence-corrected chi connectivity index (χ4v) is 2.80. The first-order valence-corrected chi connectivity index (χ1v) is 8.16. The van der Waals surface area contributed by atoms with Crippen molar-refractivity contribution in [3.05, 3.63) is 69.3 Å². The van der Waals surface area contributed by atoms with Gasteiger partial charge >= 0.3 is 6.03 Å². The lowest BCUT2D eigenvalue weighted by Crippen LogP contribution is -2.37. The van der Waals surface area contributed by atoms with Crippen molar-refractivity contribution in [1.82, 2.24) is 15.6 Å². The molecule has 0 aliphatic heterocycles. The van der Waals surface area contributed by atoms with Crippen molar-refractivity contribution in [2.45, 2.75) is 33.4 Å². The molecule has 2 heterocycles. The summed E-state index contributed by atoms with van der Waals surface area (Å²) >= 11 is 0. The van der Waals surface area contributed by atoms with Gasteiger partial charge in [0.1, 0.15) is 11.3 Å². The number of nitrogens with one attached hydrogen (secondary N) is 3. The number of furan rings is 1. The van der Waals surface area contributed by atoms with Crippen molar-refractivity contribution >= 4 is 17.0 Å². The number of aromatic amines is 1. The summed E-state index contributed by atoms with van der Waals surface area (Å²) in [5.74, 6) is 0.681. The lowest BCUT2D eigenvalue weighted by atomic mass is 10.1. The molecule has 3 rings (SSSR count). The number of benzene rings is 1. The van der Waals surface area contributed by atoms with Gasteiger partial charge in [-0.2, -0.15) is 0 Å². The molecule has 1 aromatic carbocycles. The summed E-state index contributed by atoms with van der Waals surface area (Å²) in [6.45, 7) is 5.70. The summed E-state index contributed by atoms with van der Waals surface area (Å²) in [4.78, 5) is 26.8. The van der Waals surface area contributed by atoms with Crippen molar-refractivity contribution in [2.24, 2.45) is 0 Å². The Hall–Kier alpha value is -3.02. The van der Waals surface area contributed by atoms with E-state index in [1.165, 1.54) is 0 Å². The number of hydrogen-bond donors (Lipinski definition) is 3.